The van der Waals surface area contributed by atoms with Gasteiger partial charge in [-0.15, -0.1) is 0 Å². The molecule has 0 bridgehead atoms. The van der Waals surface area contributed by atoms with Crippen LogP contribution in [0.25, 0.3) is 11.4 Å². The fourth-order valence-electron chi connectivity index (χ4n) is 3.76. The van der Waals surface area contributed by atoms with E-state index in [-0.39, 0.29) is 31.2 Å². The summed E-state index contributed by atoms with van der Waals surface area (Å²) >= 11 is 0. The first-order valence-electron chi connectivity index (χ1n) is 13.0. The van der Waals surface area contributed by atoms with Gasteiger partial charge < -0.3 is 29.9 Å². The fraction of sp³-hybridized carbons (Fsp3) is 0.481. The molecule has 2 amide bonds. The van der Waals surface area contributed by atoms with Crippen LogP contribution in [0.15, 0.2) is 36.4 Å². The van der Waals surface area contributed by atoms with Crippen LogP contribution in [0.5, 0.6) is 0 Å². The zero-order valence-corrected chi connectivity index (χ0v) is 22.8. The van der Waals surface area contributed by atoms with Crippen molar-refractivity contribution in [3.63, 3.8) is 0 Å². The van der Waals surface area contributed by atoms with Gasteiger partial charge in [-0.3, -0.25) is 9.59 Å². The van der Waals surface area contributed by atoms with Crippen LogP contribution in [0.3, 0.4) is 0 Å². The van der Waals surface area contributed by atoms with Crippen LogP contribution in [0.1, 0.15) is 44.1 Å². The van der Waals surface area contributed by atoms with Gasteiger partial charge in [0.15, 0.2) is 5.82 Å². The normalized spacial score (nSPS) is 13.9. The van der Waals surface area contributed by atoms with Gasteiger partial charge in [0.1, 0.15) is 17.6 Å². The molecule has 1 aromatic carbocycles. The molecular weight excluding hydrogens is 504 g/mol. The van der Waals surface area contributed by atoms with Crippen molar-refractivity contribution in [1.82, 2.24) is 25.5 Å². The Morgan fingerprint density at radius 3 is 2.44 bits per heavy atom. The Kier molecular flexibility index (Phi) is 10.7. The van der Waals surface area contributed by atoms with Crippen molar-refractivity contribution in [3.05, 3.63) is 42.1 Å². The van der Waals surface area contributed by atoms with E-state index in [0.717, 1.165) is 0 Å². The minimum atomic E-state index is -1.28. The van der Waals surface area contributed by atoms with E-state index in [0.29, 0.717) is 43.4 Å². The maximum absolute atomic E-state index is 13.4. The smallest absolute Gasteiger partial charge is 0.417 e. The van der Waals surface area contributed by atoms with E-state index in [4.69, 9.17) is 9.47 Å². The van der Waals surface area contributed by atoms with Crippen LogP contribution >= 0.6 is 0 Å². The monoisotopic (exact) mass is 540 g/mol. The first kappa shape index (κ1) is 29.5. The predicted octanol–water partition coefficient (Wildman–Crippen LogP) is 2.00. The van der Waals surface area contributed by atoms with E-state index in [1.54, 1.807) is 6.92 Å². The number of nitrogens with one attached hydrogen (secondary N) is 2. The van der Waals surface area contributed by atoms with Gasteiger partial charge in [-0.05, 0) is 27.2 Å². The van der Waals surface area contributed by atoms with Crippen molar-refractivity contribution in [2.24, 2.45) is 0 Å². The van der Waals surface area contributed by atoms with Gasteiger partial charge in [-0.2, -0.15) is 0 Å². The predicted molar refractivity (Wildman–Crippen MR) is 144 cm³/mol. The van der Waals surface area contributed by atoms with Crippen LogP contribution in [0, 0.1) is 0 Å². The molecule has 1 aliphatic heterocycles. The van der Waals surface area contributed by atoms with Crippen molar-refractivity contribution >= 4 is 29.8 Å². The van der Waals surface area contributed by atoms with Gasteiger partial charge in [-0.1, -0.05) is 30.3 Å². The molecule has 2 aromatic rings. The number of aromatic nitrogens is 2. The minimum Gasteiger partial charge on any atom is -0.466 e. The van der Waals surface area contributed by atoms with Crippen molar-refractivity contribution in [2.45, 2.75) is 45.7 Å². The van der Waals surface area contributed by atoms with E-state index in [2.05, 4.69) is 20.6 Å². The summed E-state index contributed by atoms with van der Waals surface area (Å²) in [4.78, 5) is 63.3. The number of carbonyl (C=O) groups excluding carboxylic acids is 4. The molecule has 0 saturated carbocycles. The summed E-state index contributed by atoms with van der Waals surface area (Å²) in [5.41, 5.74) is 0.735. The highest BCUT2D eigenvalue weighted by Gasteiger charge is 2.29. The second-order valence-electron chi connectivity index (χ2n) is 9.30. The number of hydrogen-bond donors (Lipinski definition) is 2. The lowest BCUT2D eigenvalue weighted by Gasteiger charge is -2.27. The molecular formula is C27H36N6O6. The summed E-state index contributed by atoms with van der Waals surface area (Å²) in [6.45, 7) is 7.76. The van der Waals surface area contributed by atoms with Gasteiger partial charge >= 0.3 is 18.0 Å². The number of carbonyl (C=O) groups is 4. The Hall–Kier alpha value is -4.06. The fourth-order valence-corrected chi connectivity index (χ4v) is 3.76. The molecule has 3 rings (SSSR count). The van der Waals surface area contributed by atoms with Crippen molar-refractivity contribution in [2.75, 3.05) is 44.7 Å². The van der Waals surface area contributed by atoms with Gasteiger partial charge in [0, 0.05) is 57.3 Å². The Balaban J connectivity index is 1.85. The zero-order valence-electron chi connectivity index (χ0n) is 22.8. The molecule has 2 heterocycles. The van der Waals surface area contributed by atoms with E-state index in [1.807, 2.05) is 56.1 Å². The number of amides is 2. The average Bonchev–Trinajstić information content (AvgIpc) is 2.95. The van der Waals surface area contributed by atoms with Gasteiger partial charge in [0.05, 0.1) is 6.61 Å². The molecule has 210 valence electrons. The van der Waals surface area contributed by atoms with Gasteiger partial charge in [-0.25, -0.2) is 19.6 Å². The maximum atomic E-state index is 13.4. The number of nitrogens with zero attached hydrogens (tertiary/aromatic N) is 4. The Labute approximate surface area is 228 Å². The highest BCUT2D eigenvalue weighted by atomic mass is 16.6. The second-order valence-corrected chi connectivity index (χ2v) is 9.30. The van der Waals surface area contributed by atoms with E-state index >= 15 is 0 Å². The summed E-state index contributed by atoms with van der Waals surface area (Å²) in [5, 5.41) is 5.71. The number of rotatable bonds is 10. The van der Waals surface area contributed by atoms with Crippen LogP contribution in [0.4, 0.5) is 10.6 Å². The lowest BCUT2D eigenvalue weighted by molar-refractivity contribution is -0.144. The van der Waals surface area contributed by atoms with Crippen molar-refractivity contribution in [1.29, 1.82) is 0 Å². The van der Waals surface area contributed by atoms with Crippen molar-refractivity contribution in [3.8, 4) is 11.4 Å². The SMILES string of the molecule is CCOC(=O)CCC(NC(=O)c1cc(N(C)C(C)C)nc(-c2ccccc2)n1)C(=O)OC(=O)N1CCNCC1. The Morgan fingerprint density at radius 1 is 1.10 bits per heavy atom. The molecule has 1 atom stereocenters. The highest BCUT2D eigenvalue weighted by molar-refractivity contribution is 5.97. The number of hydrogen-bond acceptors (Lipinski definition) is 10. The molecule has 1 aromatic heterocycles. The molecule has 12 nitrogen and oxygen atoms in total. The van der Waals surface area contributed by atoms with E-state index in [9.17, 15) is 19.2 Å². The van der Waals surface area contributed by atoms with Crippen molar-refractivity contribution < 1.29 is 28.7 Å². The van der Waals surface area contributed by atoms with Crippen LogP contribution < -0.4 is 15.5 Å². The molecule has 1 fully saturated rings. The number of esters is 2. The maximum Gasteiger partial charge on any atom is 0.417 e. The first-order valence-corrected chi connectivity index (χ1v) is 13.0. The molecule has 1 unspecified atom stereocenters. The van der Waals surface area contributed by atoms with E-state index < -0.39 is 30.0 Å². The topological polar surface area (TPSA) is 143 Å². The number of piperazine rings is 1. The average molecular weight is 541 g/mol. The molecule has 1 saturated heterocycles. The largest absolute Gasteiger partial charge is 0.466 e. The molecule has 0 aliphatic carbocycles. The van der Waals surface area contributed by atoms with Crippen LogP contribution in [0.2, 0.25) is 0 Å². The van der Waals surface area contributed by atoms with Gasteiger partial charge in [0.25, 0.3) is 5.91 Å². The highest BCUT2D eigenvalue weighted by Crippen LogP contribution is 2.21. The molecule has 1 aliphatic rings. The second kappa shape index (κ2) is 14.2. The minimum absolute atomic E-state index is 0.0220. The molecule has 39 heavy (non-hydrogen) atoms. The summed E-state index contributed by atoms with van der Waals surface area (Å²) in [7, 11) is 1.85. The summed E-state index contributed by atoms with van der Waals surface area (Å²) < 4.78 is 10.0. The summed E-state index contributed by atoms with van der Waals surface area (Å²) in [5.74, 6) is -1.32. The zero-order chi connectivity index (χ0) is 28.4. The van der Waals surface area contributed by atoms with Crippen LogP contribution in [-0.4, -0.2) is 90.7 Å². The Bertz CT molecular complexity index is 1150. The lowest BCUT2D eigenvalue weighted by Crippen LogP contribution is -2.49. The standard InChI is InChI=1S/C27H36N6O6/c1-5-38-23(34)12-11-20(26(36)39-27(37)33-15-13-28-14-16-33)30-25(35)21-17-22(32(4)18(2)3)31-24(29-21)19-9-7-6-8-10-19/h6-10,17-18,20,28H,5,11-16H2,1-4H3,(H,30,35). The Morgan fingerprint density at radius 2 is 1.79 bits per heavy atom. The molecule has 2 N–H and O–H groups in total. The lowest BCUT2D eigenvalue weighted by atomic mass is 10.1. The van der Waals surface area contributed by atoms with E-state index in [1.165, 1.54) is 11.0 Å². The summed E-state index contributed by atoms with van der Waals surface area (Å²) in [6.07, 6.45) is -1.07. The number of ether oxygens (including phenoxy) is 2. The van der Waals surface area contributed by atoms with Crippen LogP contribution in [-0.2, 0) is 19.1 Å². The third kappa shape index (κ3) is 8.47. The quantitative estimate of drug-likeness (QED) is 0.339. The number of anilines is 1. The molecule has 0 spiro atoms. The third-order valence-corrected chi connectivity index (χ3v) is 6.21. The first-order chi connectivity index (χ1) is 18.7. The third-order valence-electron chi connectivity index (χ3n) is 6.21. The van der Waals surface area contributed by atoms with Gasteiger partial charge in [0.2, 0.25) is 0 Å². The summed E-state index contributed by atoms with van der Waals surface area (Å²) in [6, 6.07) is 9.54. The number of benzene rings is 1. The molecule has 12 heteroatoms. The molecule has 0 radical (unpaired) electrons.